The Balaban J connectivity index is 3.60. The average Bonchev–Trinajstić information content (AvgIpc) is 2.08. The van der Waals surface area contributed by atoms with Crippen molar-refractivity contribution in [1.82, 2.24) is 0 Å². The van der Waals surface area contributed by atoms with Gasteiger partial charge in [0.15, 0.2) is 11.5 Å². The second-order valence-corrected chi connectivity index (χ2v) is 3.20. The van der Waals surface area contributed by atoms with E-state index in [1.54, 1.807) is 14.8 Å². The molecule has 0 spiro atoms. The fourth-order valence-electron chi connectivity index (χ4n) is 1.27. The summed E-state index contributed by atoms with van der Waals surface area (Å²) in [6.45, 7) is 5.68. The van der Waals surface area contributed by atoms with Crippen LogP contribution in [0, 0.1) is 20.8 Å². The normalized spacial score (nSPS) is 10.2. The highest BCUT2D eigenvalue weighted by Crippen LogP contribution is 2.30. The van der Waals surface area contributed by atoms with Crippen molar-refractivity contribution in [3.63, 3.8) is 0 Å². The van der Waals surface area contributed by atoms with E-state index in [-0.39, 0.29) is 11.5 Å². The Hall–Kier alpha value is -1.12. The van der Waals surface area contributed by atoms with Crippen molar-refractivity contribution in [1.29, 1.82) is 0 Å². The summed E-state index contributed by atoms with van der Waals surface area (Å²) in [5.74, 6) is 0.0196. The van der Waals surface area contributed by atoms with E-state index < -0.39 is 0 Å². The van der Waals surface area contributed by atoms with Crippen molar-refractivity contribution < 1.29 is 10.2 Å². The lowest BCUT2D eigenvalue weighted by molar-refractivity contribution is 0.403. The quantitative estimate of drug-likeness (QED) is 0.427. The topological polar surface area (TPSA) is 40.5 Å². The number of phenolic OH excluding ortho intramolecular Hbond substituents is 2. The smallest absolute Gasteiger partial charge is 0.160 e. The first kappa shape index (κ1) is 8.98. The summed E-state index contributed by atoms with van der Waals surface area (Å²) in [5.41, 5.74) is 3.61. The van der Waals surface area contributed by atoms with E-state index in [2.05, 4.69) is 0 Å². The summed E-state index contributed by atoms with van der Waals surface area (Å²) >= 11 is 0. The van der Waals surface area contributed by atoms with E-state index in [0.29, 0.717) is 0 Å². The molecule has 2 N–H and O–H groups in total. The molecular formula is C9H13BO2. The molecular weight excluding hydrogens is 151 g/mol. The van der Waals surface area contributed by atoms with Crippen LogP contribution < -0.4 is 5.46 Å². The van der Waals surface area contributed by atoms with Crippen molar-refractivity contribution in [3.8, 4) is 11.5 Å². The number of benzene rings is 1. The Labute approximate surface area is 73.3 Å². The third-order valence-electron chi connectivity index (χ3n) is 2.62. The minimum atomic E-state index is 0.00981. The molecule has 0 saturated heterocycles. The lowest BCUT2D eigenvalue weighted by atomic mass is 9.85. The van der Waals surface area contributed by atoms with Gasteiger partial charge in [-0.3, -0.25) is 0 Å². The van der Waals surface area contributed by atoms with Crippen LogP contribution in [0.4, 0.5) is 0 Å². The Kier molecular flexibility index (Phi) is 2.05. The van der Waals surface area contributed by atoms with E-state index >= 15 is 0 Å². The molecule has 0 fully saturated rings. The molecule has 12 heavy (non-hydrogen) atoms. The summed E-state index contributed by atoms with van der Waals surface area (Å²) in [6.07, 6.45) is 0. The van der Waals surface area contributed by atoms with Crippen LogP contribution in [-0.4, -0.2) is 18.1 Å². The van der Waals surface area contributed by atoms with E-state index in [1.807, 2.05) is 13.8 Å². The van der Waals surface area contributed by atoms with Gasteiger partial charge in [0.2, 0.25) is 0 Å². The first-order valence-electron chi connectivity index (χ1n) is 3.95. The molecule has 0 bridgehead atoms. The minimum Gasteiger partial charge on any atom is -0.505 e. The Morgan fingerprint density at radius 3 is 1.83 bits per heavy atom. The monoisotopic (exact) mass is 164 g/mol. The zero-order valence-corrected chi connectivity index (χ0v) is 7.89. The standard InChI is InChI=1S/C9H13BO2/c1-4-5(2)7(10)9(12)8(11)6(4)3/h11-12H,10H2,1-3H3. The molecule has 0 aliphatic carbocycles. The van der Waals surface area contributed by atoms with Gasteiger partial charge in [-0.15, -0.1) is 0 Å². The summed E-state index contributed by atoms with van der Waals surface area (Å²) < 4.78 is 0. The van der Waals surface area contributed by atoms with Gasteiger partial charge >= 0.3 is 0 Å². The number of phenols is 2. The Bertz CT molecular complexity index is 227. The van der Waals surface area contributed by atoms with Crippen LogP contribution in [0.5, 0.6) is 11.5 Å². The number of rotatable bonds is 0. The Morgan fingerprint density at radius 2 is 1.33 bits per heavy atom. The van der Waals surface area contributed by atoms with Gasteiger partial charge in [-0.2, -0.15) is 0 Å². The fraction of sp³-hybridized carbons (Fsp3) is 0.333. The highest BCUT2D eigenvalue weighted by molar-refractivity contribution is 6.35. The highest BCUT2D eigenvalue weighted by Gasteiger charge is 2.12. The lowest BCUT2D eigenvalue weighted by Gasteiger charge is -2.12. The summed E-state index contributed by atoms with van der Waals surface area (Å²) in [6, 6.07) is 0. The predicted octanol–water partition coefficient (Wildman–Crippen LogP) is 0.281. The molecule has 0 atom stereocenters. The van der Waals surface area contributed by atoms with E-state index in [1.165, 1.54) is 0 Å². The number of hydrogen-bond acceptors (Lipinski definition) is 2. The molecule has 0 radical (unpaired) electrons. The third-order valence-corrected chi connectivity index (χ3v) is 2.62. The largest absolute Gasteiger partial charge is 0.505 e. The fourth-order valence-corrected chi connectivity index (χ4v) is 1.27. The van der Waals surface area contributed by atoms with Gasteiger partial charge in [-0.1, -0.05) is 5.56 Å². The highest BCUT2D eigenvalue weighted by atomic mass is 16.3. The Morgan fingerprint density at radius 1 is 0.833 bits per heavy atom. The molecule has 64 valence electrons. The molecule has 0 heterocycles. The van der Waals surface area contributed by atoms with E-state index in [4.69, 9.17) is 0 Å². The van der Waals surface area contributed by atoms with Gasteiger partial charge in [0, 0.05) is 0 Å². The molecule has 0 amide bonds. The molecule has 0 saturated carbocycles. The lowest BCUT2D eigenvalue weighted by Crippen LogP contribution is -2.11. The van der Waals surface area contributed by atoms with Gasteiger partial charge in [0.1, 0.15) is 7.85 Å². The minimum absolute atomic E-state index is 0.00981. The van der Waals surface area contributed by atoms with Crippen LogP contribution in [0.15, 0.2) is 0 Å². The maximum absolute atomic E-state index is 9.44. The van der Waals surface area contributed by atoms with Gasteiger partial charge in [0.25, 0.3) is 0 Å². The van der Waals surface area contributed by atoms with Crippen molar-refractivity contribution in [2.45, 2.75) is 20.8 Å². The number of aromatic hydroxyl groups is 2. The zero-order valence-electron chi connectivity index (χ0n) is 7.89. The molecule has 1 aromatic carbocycles. The van der Waals surface area contributed by atoms with Crippen LogP contribution in [0.2, 0.25) is 0 Å². The molecule has 2 nitrogen and oxygen atoms in total. The van der Waals surface area contributed by atoms with Crippen LogP contribution >= 0.6 is 0 Å². The van der Waals surface area contributed by atoms with Gasteiger partial charge < -0.3 is 10.2 Å². The van der Waals surface area contributed by atoms with Gasteiger partial charge in [0.05, 0.1) is 0 Å². The van der Waals surface area contributed by atoms with Crippen LogP contribution in [-0.2, 0) is 0 Å². The van der Waals surface area contributed by atoms with Crippen molar-refractivity contribution >= 4 is 13.3 Å². The molecule has 0 aromatic heterocycles. The first-order valence-corrected chi connectivity index (χ1v) is 3.95. The van der Waals surface area contributed by atoms with Crippen LogP contribution in [0.1, 0.15) is 16.7 Å². The van der Waals surface area contributed by atoms with Crippen LogP contribution in [0.25, 0.3) is 0 Å². The zero-order chi connectivity index (χ0) is 9.46. The molecule has 0 aliphatic heterocycles. The molecule has 1 aromatic rings. The van der Waals surface area contributed by atoms with E-state index in [0.717, 1.165) is 22.2 Å². The second-order valence-electron chi connectivity index (χ2n) is 3.20. The SMILES string of the molecule is Bc1c(C)c(C)c(C)c(O)c1O. The summed E-state index contributed by atoms with van der Waals surface area (Å²) in [4.78, 5) is 0. The summed E-state index contributed by atoms with van der Waals surface area (Å²) in [7, 11) is 1.80. The van der Waals surface area contributed by atoms with E-state index in [9.17, 15) is 10.2 Å². The first-order chi connectivity index (χ1) is 5.46. The average molecular weight is 164 g/mol. The van der Waals surface area contributed by atoms with Crippen molar-refractivity contribution in [3.05, 3.63) is 16.7 Å². The van der Waals surface area contributed by atoms with Gasteiger partial charge in [-0.25, -0.2) is 0 Å². The summed E-state index contributed by atoms with van der Waals surface area (Å²) in [5, 5.41) is 18.9. The van der Waals surface area contributed by atoms with Crippen molar-refractivity contribution in [2.24, 2.45) is 0 Å². The van der Waals surface area contributed by atoms with Gasteiger partial charge in [-0.05, 0) is 37.4 Å². The molecule has 0 aliphatic rings. The molecule has 3 heteroatoms. The third kappa shape index (κ3) is 1.05. The second kappa shape index (κ2) is 2.74. The number of hydrogen-bond donors (Lipinski definition) is 2. The van der Waals surface area contributed by atoms with Crippen LogP contribution in [0.3, 0.4) is 0 Å². The van der Waals surface area contributed by atoms with Crippen molar-refractivity contribution in [2.75, 3.05) is 0 Å². The molecule has 0 unspecified atom stereocenters. The predicted molar refractivity (Wildman–Crippen MR) is 52.2 cm³/mol. The molecule has 1 rings (SSSR count). The maximum Gasteiger partial charge on any atom is 0.160 e. The maximum atomic E-state index is 9.44.